The fraction of sp³-hybridized carbons (Fsp3) is 0.333. The van der Waals surface area contributed by atoms with Gasteiger partial charge in [0.25, 0.3) is 6.43 Å². The van der Waals surface area contributed by atoms with E-state index >= 15 is 0 Å². The van der Waals surface area contributed by atoms with Crippen LogP contribution in [0.3, 0.4) is 0 Å². The summed E-state index contributed by atoms with van der Waals surface area (Å²) in [7, 11) is 1.08. The molecule has 0 unspecified atom stereocenters. The van der Waals surface area contributed by atoms with Crippen LogP contribution in [0.25, 0.3) is 0 Å². The largest absolute Gasteiger partial charge is 0.465 e. The van der Waals surface area contributed by atoms with Crippen LogP contribution in [-0.2, 0) is 10.6 Å². The topological polar surface area (TPSA) is 65.2 Å². The zero-order valence-corrected chi connectivity index (χ0v) is 9.09. The third-order valence-electron chi connectivity index (χ3n) is 1.89. The van der Waals surface area contributed by atoms with Gasteiger partial charge < -0.3 is 10.5 Å². The molecular formula is C9H9ClF2N2O2. The molecule has 7 heteroatoms. The molecule has 0 bridgehead atoms. The number of nitrogen functional groups attached to an aromatic ring is 1. The number of esters is 1. The first-order chi connectivity index (χ1) is 7.51. The van der Waals surface area contributed by atoms with Gasteiger partial charge in [-0.25, -0.2) is 18.6 Å². The van der Waals surface area contributed by atoms with E-state index in [1.54, 1.807) is 0 Å². The Kier molecular flexibility index (Phi) is 4.00. The summed E-state index contributed by atoms with van der Waals surface area (Å²) >= 11 is 5.46. The van der Waals surface area contributed by atoms with Crippen molar-refractivity contribution in [2.24, 2.45) is 0 Å². The summed E-state index contributed by atoms with van der Waals surface area (Å²) < 4.78 is 29.7. The normalized spacial score (nSPS) is 10.6. The van der Waals surface area contributed by atoms with Crippen molar-refractivity contribution in [3.63, 3.8) is 0 Å². The highest BCUT2D eigenvalue weighted by Gasteiger charge is 2.23. The van der Waals surface area contributed by atoms with Gasteiger partial charge in [0.2, 0.25) is 0 Å². The second kappa shape index (κ2) is 5.07. The Labute approximate surface area is 95.4 Å². The van der Waals surface area contributed by atoms with E-state index in [1.165, 1.54) is 0 Å². The van der Waals surface area contributed by atoms with Crippen molar-refractivity contribution < 1.29 is 18.3 Å². The molecule has 0 aliphatic rings. The second-order valence-corrected chi connectivity index (χ2v) is 3.16. The van der Waals surface area contributed by atoms with Crippen molar-refractivity contribution in [3.05, 3.63) is 22.9 Å². The summed E-state index contributed by atoms with van der Waals surface area (Å²) in [6, 6.07) is 1.04. The van der Waals surface area contributed by atoms with Gasteiger partial charge in [-0.1, -0.05) is 0 Å². The van der Waals surface area contributed by atoms with Gasteiger partial charge in [0.15, 0.2) is 0 Å². The summed E-state index contributed by atoms with van der Waals surface area (Å²) in [4.78, 5) is 15.0. The molecule has 0 saturated carbocycles. The average Bonchev–Trinajstić information content (AvgIpc) is 2.26. The van der Waals surface area contributed by atoms with Crippen molar-refractivity contribution in [2.75, 3.05) is 12.8 Å². The van der Waals surface area contributed by atoms with Crippen molar-refractivity contribution in [1.29, 1.82) is 0 Å². The van der Waals surface area contributed by atoms with E-state index in [1.807, 2.05) is 0 Å². The van der Waals surface area contributed by atoms with Gasteiger partial charge >= 0.3 is 5.97 Å². The van der Waals surface area contributed by atoms with E-state index in [4.69, 9.17) is 17.3 Å². The summed E-state index contributed by atoms with van der Waals surface area (Å²) in [6.45, 7) is 0. The smallest absolute Gasteiger partial charge is 0.342 e. The molecular weight excluding hydrogens is 242 g/mol. The Balaban J connectivity index is 3.39. The Morgan fingerprint density at radius 3 is 2.75 bits per heavy atom. The number of carbonyl (C=O) groups is 1. The van der Waals surface area contributed by atoms with Gasteiger partial charge in [-0.15, -0.1) is 11.6 Å². The number of hydrogen-bond acceptors (Lipinski definition) is 4. The molecule has 88 valence electrons. The van der Waals surface area contributed by atoms with Crippen LogP contribution in [-0.4, -0.2) is 18.1 Å². The zero-order chi connectivity index (χ0) is 12.3. The van der Waals surface area contributed by atoms with Crippen molar-refractivity contribution >= 4 is 23.4 Å². The first-order valence-electron chi connectivity index (χ1n) is 4.23. The van der Waals surface area contributed by atoms with Crippen LogP contribution < -0.4 is 5.73 Å². The summed E-state index contributed by atoms with van der Waals surface area (Å²) in [6.07, 6.45) is -2.85. The number of ether oxygens (including phenoxy) is 1. The molecule has 0 saturated heterocycles. The molecule has 0 fully saturated rings. The predicted molar refractivity (Wildman–Crippen MR) is 54.5 cm³/mol. The van der Waals surface area contributed by atoms with Gasteiger partial charge in [0.1, 0.15) is 11.4 Å². The lowest BCUT2D eigenvalue weighted by Crippen LogP contribution is -2.12. The van der Waals surface area contributed by atoms with Gasteiger partial charge in [-0.05, 0) is 6.07 Å². The number of aromatic nitrogens is 1. The lowest BCUT2D eigenvalue weighted by Gasteiger charge is -2.10. The number of carbonyl (C=O) groups excluding carboxylic acids is 1. The molecule has 2 N–H and O–H groups in total. The molecule has 1 heterocycles. The van der Waals surface area contributed by atoms with Crippen LogP contribution in [0.2, 0.25) is 0 Å². The Morgan fingerprint density at radius 1 is 1.69 bits per heavy atom. The minimum Gasteiger partial charge on any atom is -0.465 e. The quantitative estimate of drug-likeness (QED) is 0.659. The number of methoxy groups -OCH3 is 1. The van der Waals surface area contributed by atoms with Crippen LogP contribution in [0.5, 0.6) is 0 Å². The summed E-state index contributed by atoms with van der Waals surface area (Å²) in [5.74, 6) is -1.31. The second-order valence-electron chi connectivity index (χ2n) is 2.89. The highest BCUT2D eigenvalue weighted by atomic mass is 35.5. The fourth-order valence-corrected chi connectivity index (χ4v) is 1.34. The van der Waals surface area contributed by atoms with Crippen LogP contribution >= 0.6 is 11.6 Å². The van der Waals surface area contributed by atoms with E-state index in [0.29, 0.717) is 0 Å². The van der Waals surface area contributed by atoms with E-state index in [9.17, 15) is 13.6 Å². The molecule has 1 aromatic heterocycles. The maximum absolute atomic E-state index is 12.7. The van der Waals surface area contributed by atoms with Crippen molar-refractivity contribution in [2.45, 2.75) is 12.3 Å². The number of halogens is 3. The van der Waals surface area contributed by atoms with Gasteiger partial charge in [0.05, 0.1) is 18.7 Å². The monoisotopic (exact) mass is 250 g/mol. The number of rotatable bonds is 3. The highest BCUT2D eigenvalue weighted by molar-refractivity contribution is 6.17. The van der Waals surface area contributed by atoms with Crippen LogP contribution in [0.4, 0.5) is 14.6 Å². The lowest BCUT2D eigenvalue weighted by molar-refractivity contribution is 0.0590. The minimum atomic E-state index is -2.85. The van der Waals surface area contributed by atoms with Gasteiger partial charge in [0, 0.05) is 5.56 Å². The van der Waals surface area contributed by atoms with E-state index in [0.717, 1.165) is 13.2 Å². The molecule has 1 rings (SSSR count). The van der Waals surface area contributed by atoms with E-state index in [-0.39, 0.29) is 17.4 Å². The van der Waals surface area contributed by atoms with Crippen molar-refractivity contribution in [3.8, 4) is 0 Å². The minimum absolute atomic E-state index is 0.0641. The third kappa shape index (κ3) is 2.38. The van der Waals surface area contributed by atoms with Crippen LogP contribution in [0.1, 0.15) is 28.0 Å². The third-order valence-corrected chi connectivity index (χ3v) is 2.17. The number of anilines is 1. The first-order valence-corrected chi connectivity index (χ1v) is 4.76. The maximum atomic E-state index is 12.7. The lowest BCUT2D eigenvalue weighted by atomic mass is 10.1. The molecule has 0 aromatic carbocycles. The molecule has 0 spiro atoms. The Hall–Kier alpha value is -1.43. The number of alkyl halides is 3. The van der Waals surface area contributed by atoms with Crippen molar-refractivity contribution in [1.82, 2.24) is 4.98 Å². The maximum Gasteiger partial charge on any atom is 0.342 e. The Bertz CT molecular complexity index is 413. The molecule has 0 radical (unpaired) electrons. The highest BCUT2D eigenvalue weighted by Crippen LogP contribution is 2.27. The SMILES string of the molecule is COC(=O)c1c(C(F)F)cc(CCl)nc1N. The molecule has 1 aromatic rings. The zero-order valence-electron chi connectivity index (χ0n) is 8.34. The average molecular weight is 251 g/mol. The van der Waals surface area contributed by atoms with Gasteiger partial charge in [-0.2, -0.15) is 0 Å². The molecule has 0 aliphatic carbocycles. The summed E-state index contributed by atoms with van der Waals surface area (Å²) in [5, 5.41) is 0. The van der Waals surface area contributed by atoms with E-state index < -0.39 is 23.5 Å². The van der Waals surface area contributed by atoms with Crippen LogP contribution in [0.15, 0.2) is 6.07 Å². The fourth-order valence-electron chi connectivity index (χ4n) is 1.21. The molecule has 0 aliphatic heterocycles. The molecule has 4 nitrogen and oxygen atoms in total. The molecule has 16 heavy (non-hydrogen) atoms. The van der Waals surface area contributed by atoms with Gasteiger partial charge in [-0.3, -0.25) is 0 Å². The Morgan fingerprint density at radius 2 is 2.31 bits per heavy atom. The number of nitrogens with zero attached hydrogens (tertiary/aromatic N) is 1. The number of hydrogen-bond donors (Lipinski definition) is 1. The number of pyridine rings is 1. The standard InChI is InChI=1S/C9H9ClF2N2O2/c1-16-9(15)6-5(7(11)12)2-4(3-10)14-8(6)13/h2,7H,3H2,1H3,(H2,13,14). The summed E-state index contributed by atoms with van der Waals surface area (Å²) in [5.41, 5.74) is 4.66. The number of nitrogens with two attached hydrogens (primary N) is 1. The van der Waals surface area contributed by atoms with Crippen LogP contribution in [0, 0.1) is 0 Å². The molecule has 0 atom stereocenters. The first kappa shape index (κ1) is 12.6. The predicted octanol–water partition coefficient (Wildman–Crippen LogP) is 2.13. The van der Waals surface area contributed by atoms with E-state index in [2.05, 4.69) is 9.72 Å². The molecule has 0 amide bonds.